The van der Waals surface area contributed by atoms with Gasteiger partial charge in [0.2, 0.25) is 5.91 Å². The minimum absolute atomic E-state index is 0.0872. The van der Waals surface area contributed by atoms with Gasteiger partial charge in [-0.15, -0.1) is 0 Å². The molecule has 1 aromatic carbocycles. The number of rotatable bonds is 6. The zero-order valence-corrected chi connectivity index (χ0v) is 10.8. The Morgan fingerprint density at radius 3 is 2.81 bits per heavy atom. The van der Waals surface area contributed by atoms with E-state index in [9.17, 15) is 4.79 Å². The maximum atomic E-state index is 11.4. The number of amides is 1. The molecule has 1 aromatic rings. The van der Waals surface area contributed by atoms with Crippen LogP contribution in [-0.2, 0) is 11.2 Å². The van der Waals surface area contributed by atoms with Gasteiger partial charge >= 0.3 is 0 Å². The topological polar surface area (TPSA) is 55.1 Å². The summed E-state index contributed by atoms with van der Waals surface area (Å²) in [6.45, 7) is 1.29. The Morgan fingerprint density at radius 1 is 1.38 bits per heavy atom. The summed E-state index contributed by atoms with van der Waals surface area (Å²) in [5.41, 5.74) is 6.51. The van der Waals surface area contributed by atoms with Crippen molar-refractivity contribution in [3.63, 3.8) is 0 Å². The quantitative estimate of drug-likeness (QED) is 0.784. The third kappa shape index (κ3) is 4.77. The molecule has 0 aliphatic heterocycles. The Labute approximate surface area is 105 Å². The van der Waals surface area contributed by atoms with E-state index in [4.69, 9.17) is 5.73 Å². The Hall–Kier alpha value is -0.870. The van der Waals surface area contributed by atoms with Crippen molar-refractivity contribution in [2.24, 2.45) is 5.73 Å². The van der Waals surface area contributed by atoms with Crippen molar-refractivity contribution in [1.82, 2.24) is 5.32 Å². The normalized spacial score (nSPS) is 10.1. The lowest BCUT2D eigenvalue weighted by molar-refractivity contribution is -0.121. The first-order valence-electron chi connectivity index (χ1n) is 5.44. The van der Waals surface area contributed by atoms with Crippen LogP contribution in [-0.4, -0.2) is 19.0 Å². The average molecular weight is 285 g/mol. The molecule has 0 spiro atoms. The molecular weight excluding hydrogens is 268 g/mol. The van der Waals surface area contributed by atoms with Gasteiger partial charge in [0, 0.05) is 17.4 Å². The van der Waals surface area contributed by atoms with Crippen molar-refractivity contribution in [3.05, 3.63) is 34.3 Å². The number of aryl methyl sites for hydroxylation is 1. The first-order valence-corrected chi connectivity index (χ1v) is 6.23. The molecule has 0 heterocycles. The molecule has 0 aliphatic rings. The number of halogens is 1. The van der Waals surface area contributed by atoms with E-state index in [0.717, 1.165) is 22.9 Å². The van der Waals surface area contributed by atoms with E-state index < -0.39 is 0 Å². The fourth-order valence-electron chi connectivity index (χ4n) is 1.37. The van der Waals surface area contributed by atoms with Crippen molar-refractivity contribution in [3.8, 4) is 0 Å². The summed E-state index contributed by atoms with van der Waals surface area (Å²) in [5, 5.41) is 2.84. The maximum absolute atomic E-state index is 11.4. The minimum atomic E-state index is 0.0872. The highest BCUT2D eigenvalue weighted by molar-refractivity contribution is 9.10. The highest BCUT2D eigenvalue weighted by atomic mass is 79.9. The van der Waals surface area contributed by atoms with Gasteiger partial charge in [-0.1, -0.05) is 34.1 Å². The number of carbonyl (C=O) groups excluding carboxylic acids is 1. The lowest BCUT2D eigenvalue weighted by Crippen LogP contribution is -2.26. The van der Waals surface area contributed by atoms with Gasteiger partial charge in [0.05, 0.1) is 0 Å². The van der Waals surface area contributed by atoms with Gasteiger partial charge in [-0.3, -0.25) is 4.79 Å². The first-order chi connectivity index (χ1) is 7.74. The molecule has 0 bridgehead atoms. The number of nitrogens with one attached hydrogen (secondary N) is 1. The molecule has 88 valence electrons. The summed E-state index contributed by atoms with van der Waals surface area (Å²) in [7, 11) is 0. The van der Waals surface area contributed by atoms with Crippen LogP contribution in [0.2, 0.25) is 0 Å². The van der Waals surface area contributed by atoms with Crippen molar-refractivity contribution >= 4 is 21.8 Å². The summed E-state index contributed by atoms with van der Waals surface area (Å²) in [5.74, 6) is 0.0872. The second-order valence-corrected chi connectivity index (χ2v) is 4.44. The third-order valence-electron chi connectivity index (χ3n) is 2.28. The van der Waals surface area contributed by atoms with Crippen LogP contribution in [0.4, 0.5) is 0 Å². The monoisotopic (exact) mass is 284 g/mol. The second kappa shape index (κ2) is 7.41. The van der Waals surface area contributed by atoms with Gasteiger partial charge < -0.3 is 11.1 Å². The molecule has 0 saturated heterocycles. The largest absolute Gasteiger partial charge is 0.356 e. The minimum Gasteiger partial charge on any atom is -0.356 e. The van der Waals surface area contributed by atoms with Gasteiger partial charge in [0.25, 0.3) is 0 Å². The molecule has 16 heavy (non-hydrogen) atoms. The van der Waals surface area contributed by atoms with Gasteiger partial charge in [-0.25, -0.2) is 0 Å². The summed E-state index contributed by atoms with van der Waals surface area (Å²) in [6, 6.07) is 7.96. The van der Waals surface area contributed by atoms with Crippen molar-refractivity contribution in [2.45, 2.75) is 19.3 Å². The van der Waals surface area contributed by atoms with E-state index in [0.29, 0.717) is 19.5 Å². The summed E-state index contributed by atoms with van der Waals surface area (Å²) >= 11 is 3.46. The predicted octanol–water partition coefficient (Wildman–Crippen LogP) is 1.85. The van der Waals surface area contributed by atoms with E-state index in [2.05, 4.69) is 21.2 Å². The lowest BCUT2D eigenvalue weighted by atomic mass is 10.1. The molecule has 0 radical (unpaired) electrons. The molecule has 0 aromatic heterocycles. The van der Waals surface area contributed by atoms with Gasteiger partial charge in [-0.2, -0.15) is 0 Å². The van der Waals surface area contributed by atoms with Crippen LogP contribution in [0.5, 0.6) is 0 Å². The van der Waals surface area contributed by atoms with Gasteiger partial charge in [-0.05, 0) is 31.0 Å². The fourth-order valence-corrected chi connectivity index (χ4v) is 1.85. The molecule has 1 amide bonds. The van der Waals surface area contributed by atoms with E-state index in [-0.39, 0.29) is 5.91 Å². The van der Waals surface area contributed by atoms with Crippen LogP contribution in [0.1, 0.15) is 18.4 Å². The molecule has 0 aliphatic carbocycles. The smallest absolute Gasteiger partial charge is 0.220 e. The highest BCUT2D eigenvalue weighted by Gasteiger charge is 2.03. The molecule has 0 saturated carbocycles. The van der Waals surface area contributed by atoms with E-state index >= 15 is 0 Å². The Kier molecular flexibility index (Phi) is 6.11. The molecular formula is C12H17BrN2O. The number of hydrogen-bond donors (Lipinski definition) is 2. The number of carbonyl (C=O) groups is 1. The zero-order chi connectivity index (χ0) is 11.8. The van der Waals surface area contributed by atoms with Crippen molar-refractivity contribution in [2.75, 3.05) is 13.1 Å². The van der Waals surface area contributed by atoms with E-state index in [1.165, 1.54) is 0 Å². The molecule has 0 atom stereocenters. The molecule has 0 unspecified atom stereocenters. The van der Waals surface area contributed by atoms with E-state index in [1.807, 2.05) is 24.3 Å². The Bertz CT molecular complexity index is 342. The average Bonchev–Trinajstić information content (AvgIpc) is 2.28. The van der Waals surface area contributed by atoms with Crippen LogP contribution < -0.4 is 11.1 Å². The molecule has 1 rings (SSSR count). The van der Waals surface area contributed by atoms with Crippen molar-refractivity contribution in [1.29, 1.82) is 0 Å². The highest BCUT2D eigenvalue weighted by Crippen LogP contribution is 2.17. The van der Waals surface area contributed by atoms with Crippen LogP contribution in [0.3, 0.4) is 0 Å². The standard InChI is InChI=1S/C12H17BrN2O/c13-11-5-2-1-4-10(11)6-7-12(16)15-9-3-8-14/h1-2,4-5H,3,6-9,14H2,(H,15,16). The lowest BCUT2D eigenvalue weighted by Gasteiger charge is -2.05. The first kappa shape index (κ1) is 13.2. The molecule has 0 fully saturated rings. The molecule has 3 N–H and O–H groups in total. The predicted molar refractivity (Wildman–Crippen MR) is 69.1 cm³/mol. The van der Waals surface area contributed by atoms with Crippen LogP contribution in [0, 0.1) is 0 Å². The maximum Gasteiger partial charge on any atom is 0.220 e. The molecule has 3 nitrogen and oxygen atoms in total. The number of hydrogen-bond acceptors (Lipinski definition) is 2. The van der Waals surface area contributed by atoms with Crippen LogP contribution in [0.15, 0.2) is 28.7 Å². The second-order valence-electron chi connectivity index (χ2n) is 3.58. The van der Waals surface area contributed by atoms with E-state index in [1.54, 1.807) is 0 Å². The summed E-state index contributed by atoms with van der Waals surface area (Å²) < 4.78 is 1.06. The summed E-state index contributed by atoms with van der Waals surface area (Å²) in [6.07, 6.45) is 2.11. The fraction of sp³-hybridized carbons (Fsp3) is 0.417. The van der Waals surface area contributed by atoms with Gasteiger partial charge in [0.1, 0.15) is 0 Å². The third-order valence-corrected chi connectivity index (χ3v) is 3.06. The number of nitrogens with two attached hydrogens (primary N) is 1. The van der Waals surface area contributed by atoms with Gasteiger partial charge in [0.15, 0.2) is 0 Å². The Balaban J connectivity index is 2.29. The summed E-state index contributed by atoms with van der Waals surface area (Å²) in [4.78, 5) is 11.4. The SMILES string of the molecule is NCCCNC(=O)CCc1ccccc1Br. The molecule has 4 heteroatoms. The van der Waals surface area contributed by atoms with Crippen LogP contribution >= 0.6 is 15.9 Å². The van der Waals surface area contributed by atoms with Crippen LogP contribution in [0.25, 0.3) is 0 Å². The van der Waals surface area contributed by atoms with Crippen molar-refractivity contribution < 1.29 is 4.79 Å². The Morgan fingerprint density at radius 2 is 2.12 bits per heavy atom. The number of benzene rings is 1. The zero-order valence-electron chi connectivity index (χ0n) is 9.21.